The average Bonchev–Trinajstić information content (AvgIpc) is 2.84. The second-order valence-electron chi connectivity index (χ2n) is 5.24. The van der Waals surface area contributed by atoms with E-state index in [2.05, 4.69) is 4.99 Å². The number of allylic oxidation sites excluding steroid dienone is 1. The van der Waals surface area contributed by atoms with Gasteiger partial charge in [-0.25, -0.2) is 9.59 Å². The number of Topliss-reactive ketones (excluding diaryl/α,β-unsaturated/α-hetero) is 1. The Morgan fingerprint density at radius 1 is 0.960 bits per heavy atom. The molecule has 0 heterocycles. The van der Waals surface area contributed by atoms with E-state index >= 15 is 0 Å². The fourth-order valence-electron chi connectivity index (χ4n) is 2.49. The minimum atomic E-state index is -1.29. The number of ketones is 1. The van der Waals surface area contributed by atoms with Crippen LogP contribution in [0.2, 0.25) is 0 Å². The van der Waals surface area contributed by atoms with Crippen LogP contribution in [0.3, 0.4) is 0 Å². The first kappa shape index (κ1) is 16.1. The minimum Gasteiger partial charge on any atom is -0.506 e. The molecule has 0 bridgehead atoms. The number of carboxylic acid groups (broad SMARTS) is 2. The van der Waals surface area contributed by atoms with Gasteiger partial charge in [-0.15, -0.1) is 0 Å². The van der Waals surface area contributed by atoms with Crippen molar-refractivity contribution in [2.45, 2.75) is 0 Å². The lowest BCUT2D eigenvalue weighted by molar-refractivity contribution is 0.0682. The summed E-state index contributed by atoms with van der Waals surface area (Å²) in [4.78, 5) is 38.5. The van der Waals surface area contributed by atoms with Gasteiger partial charge in [0.05, 0.1) is 22.4 Å². The predicted molar refractivity (Wildman–Crippen MR) is 88.8 cm³/mol. The van der Waals surface area contributed by atoms with Crippen molar-refractivity contribution < 1.29 is 29.7 Å². The van der Waals surface area contributed by atoms with Crippen LogP contribution in [-0.2, 0) is 0 Å². The number of carbonyl (C=O) groups excluding carboxylic acids is 1. The summed E-state index contributed by atoms with van der Waals surface area (Å²) in [5, 5.41) is 28.4. The quantitative estimate of drug-likeness (QED) is 0.737. The van der Waals surface area contributed by atoms with E-state index in [4.69, 9.17) is 5.11 Å². The monoisotopic (exact) mass is 337 g/mol. The van der Waals surface area contributed by atoms with Crippen molar-refractivity contribution in [1.29, 1.82) is 0 Å². The van der Waals surface area contributed by atoms with E-state index in [1.54, 1.807) is 24.3 Å². The van der Waals surface area contributed by atoms with Gasteiger partial charge in [0.2, 0.25) is 0 Å². The molecular weight excluding hydrogens is 326 g/mol. The molecule has 25 heavy (non-hydrogen) atoms. The van der Waals surface area contributed by atoms with Gasteiger partial charge in [-0.05, 0) is 18.2 Å². The summed E-state index contributed by atoms with van der Waals surface area (Å²) in [5.74, 6) is -3.22. The molecule has 0 unspecified atom stereocenters. The molecule has 0 aliphatic heterocycles. The van der Waals surface area contributed by atoms with Crippen LogP contribution >= 0.6 is 0 Å². The Balaban J connectivity index is 2.05. The first-order chi connectivity index (χ1) is 11.9. The Bertz CT molecular complexity index is 987. The molecular formula is C18H11NO6. The SMILES string of the molecule is O=C(O)c1ccc(C(=O)O)c(N=CC2=C(O)c3ccccc3C2=O)c1. The zero-order valence-electron chi connectivity index (χ0n) is 12.6. The highest BCUT2D eigenvalue weighted by Crippen LogP contribution is 2.30. The molecule has 0 aromatic heterocycles. The van der Waals surface area contributed by atoms with Gasteiger partial charge in [-0.3, -0.25) is 9.79 Å². The highest BCUT2D eigenvalue weighted by atomic mass is 16.4. The van der Waals surface area contributed by atoms with Gasteiger partial charge in [0.25, 0.3) is 0 Å². The third-order valence-corrected chi connectivity index (χ3v) is 3.73. The molecule has 2 aromatic rings. The van der Waals surface area contributed by atoms with Crippen LogP contribution in [0.25, 0.3) is 5.76 Å². The topological polar surface area (TPSA) is 124 Å². The molecule has 2 aromatic carbocycles. The van der Waals surface area contributed by atoms with Crippen molar-refractivity contribution in [3.05, 3.63) is 70.3 Å². The standard InChI is InChI=1S/C18H11NO6/c20-15-10-3-1-2-4-11(10)16(21)13(15)8-19-14-7-9(17(22)23)5-6-12(14)18(24)25/h1-8,20H,(H,22,23)(H,24,25). The normalized spacial score (nSPS) is 13.4. The summed E-state index contributed by atoms with van der Waals surface area (Å²) in [6.45, 7) is 0. The maximum Gasteiger partial charge on any atom is 0.337 e. The van der Waals surface area contributed by atoms with Gasteiger partial charge in [0.1, 0.15) is 5.76 Å². The number of hydrogen-bond donors (Lipinski definition) is 3. The predicted octanol–water partition coefficient (Wildman–Crippen LogP) is 2.95. The molecule has 3 N–H and O–H groups in total. The summed E-state index contributed by atoms with van der Waals surface area (Å²) < 4.78 is 0. The molecule has 124 valence electrons. The number of hydrogen-bond acceptors (Lipinski definition) is 5. The van der Waals surface area contributed by atoms with E-state index < -0.39 is 17.7 Å². The van der Waals surface area contributed by atoms with Gasteiger partial charge in [-0.1, -0.05) is 24.3 Å². The number of benzene rings is 2. The van der Waals surface area contributed by atoms with Gasteiger partial charge in [0, 0.05) is 17.3 Å². The molecule has 3 rings (SSSR count). The Hall–Kier alpha value is -3.74. The van der Waals surface area contributed by atoms with Gasteiger partial charge < -0.3 is 15.3 Å². The molecule has 7 heteroatoms. The Morgan fingerprint density at radius 2 is 1.64 bits per heavy atom. The van der Waals surface area contributed by atoms with Crippen LogP contribution < -0.4 is 0 Å². The number of rotatable bonds is 4. The lowest BCUT2D eigenvalue weighted by atomic mass is 10.1. The summed E-state index contributed by atoms with van der Waals surface area (Å²) in [6.07, 6.45) is 1.05. The van der Waals surface area contributed by atoms with Crippen LogP contribution in [-0.4, -0.2) is 39.3 Å². The number of carboxylic acids is 2. The number of aliphatic imine (C=N–C) groups is 1. The smallest absolute Gasteiger partial charge is 0.337 e. The highest BCUT2D eigenvalue weighted by molar-refractivity contribution is 6.30. The van der Waals surface area contributed by atoms with E-state index in [0.29, 0.717) is 11.1 Å². The summed E-state index contributed by atoms with van der Waals surface area (Å²) >= 11 is 0. The van der Waals surface area contributed by atoms with E-state index in [1.165, 1.54) is 0 Å². The second-order valence-corrected chi connectivity index (χ2v) is 5.24. The number of fused-ring (bicyclic) bond motifs is 1. The maximum absolute atomic E-state index is 12.3. The Morgan fingerprint density at radius 3 is 2.24 bits per heavy atom. The van der Waals surface area contributed by atoms with Crippen LogP contribution in [0.4, 0.5) is 5.69 Å². The molecule has 0 spiro atoms. The zero-order valence-corrected chi connectivity index (χ0v) is 12.6. The largest absolute Gasteiger partial charge is 0.506 e. The Kier molecular flexibility index (Phi) is 3.90. The first-order valence-corrected chi connectivity index (χ1v) is 7.12. The number of aliphatic hydroxyl groups is 1. The van der Waals surface area contributed by atoms with Gasteiger partial charge in [-0.2, -0.15) is 0 Å². The number of aliphatic hydroxyl groups excluding tert-OH is 1. The Labute approximate surface area is 141 Å². The van der Waals surface area contributed by atoms with Crippen LogP contribution in [0, 0.1) is 0 Å². The fourth-order valence-corrected chi connectivity index (χ4v) is 2.49. The molecule has 0 saturated carbocycles. The first-order valence-electron chi connectivity index (χ1n) is 7.12. The van der Waals surface area contributed by atoms with E-state index in [9.17, 15) is 24.6 Å². The molecule has 0 amide bonds. The zero-order chi connectivity index (χ0) is 18.1. The molecule has 0 radical (unpaired) electrons. The van der Waals surface area contributed by atoms with Gasteiger partial charge in [0.15, 0.2) is 5.78 Å². The summed E-state index contributed by atoms with van der Waals surface area (Å²) in [5.41, 5.74) is 0.112. The minimum absolute atomic E-state index is 0.0849. The third-order valence-electron chi connectivity index (χ3n) is 3.73. The van der Waals surface area contributed by atoms with Crippen molar-refractivity contribution >= 4 is 35.4 Å². The van der Waals surface area contributed by atoms with Gasteiger partial charge >= 0.3 is 11.9 Å². The number of carbonyl (C=O) groups is 3. The van der Waals surface area contributed by atoms with Crippen molar-refractivity contribution in [3.8, 4) is 0 Å². The lowest BCUT2D eigenvalue weighted by Crippen LogP contribution is -2.02. The lowest BCUT2D eigenvalue weighted by Gasteiger charge is -2.03. The third kappa shape index (κ3) is 2.78. The fraction of sp³-hybridized carbons (Fsp3) is 0. The van der Waals surface area contributed by atoms with Crippen LogP contribution in [0.15, 0.2) is 53.0 Å². The summed E-state index contributed by atoms with van der Waals surface area (Å²) in [6, 6.07) is 9.83. The molecule has 0 saturated heterocycles. The van der Waals surface area contributed by atoms with E-state index in [0.717, 1.165) is 24.4 Å². The number of aromatic carboxylic acids is 2. The highest BCUT2D eigenvalue weighted by Gasteiger charge is 2.28. The average molecular weight is 337 g/mol. The van der Waals surface area contributed by atoms with E-state index in [1.807, 2.05) is 0 Å². The molecule has 7 nitrogen and oxygen atoms in total. The summed E-state index contributed by atoms with van der Waals surface area (Å²) in [7, 11) is 0. The van der Waals surface area contributed by atoms with Crippen molar-refractivity contribution in [2.75, 3.05) is 0 Å². The molecule has 0 atom stereocenters. The van der Waals surface area contributed by atoms with Crippen LogP contribution in [0.1, 0.15) is 36.6 Å². The van der Waals surface area contributed by atoms with E-state index in [-0.39, 0.29) is 28.1 Å². The van der Waals surface area contributed by atoms with Crippen molar-refractivity contribution in [1.82, 2.24) is 0 Å². The molecule has 1 aliphatic rings. The maximum atomic E-state index is 12.3. The number of nitrogens with zero attached hydrogens (tertiary/aromatic N) is 1. The molecule has 1 aliphatic carbocycles. The van der Waals surface area contributed by atoms with Crippen molar-refractivity contribution in [2.24, 2.45) is 4.99 Å². The second kappa shape index (κ2) is 6.04. The molecule has 0 fully saturated rings. The van der Waals surface area contributed by atoms with Crippen LogP contribution in [0.5, 0.6) is 0 Å². The van der Waals surface area contributed by atoms with Crippen molar-refractivity contribution in [3.63, 3.8) is 0 Å².